The predicted molar refractivity (Wildman–Crippen MR) is 57.8 cm³/mol. The Morgan fingerprint density at radius 3 is 2.33 bits per heavy atom. The zero-order valence-corrected chi connectivity index (χ0v) is 8.87. The second-order valence-electron chi connectivity index (χ2n) is 2.87. The molecule has 1 atom stereocenters. The van der Waals surface area contributed by atoms with Crippen LogP contribution in [0.4, 0.5) is 0 Å². The lowest BCUT2D eigenvalue weighted by molar-refractivity contribution is -0.145. The molecule has 0 rings (SSSR count). The van der Waals surface area contributed by atoms with Crippen LogP contribution >= 0.6 is 12.4 Å². The fraction of sp³-hybridized carbons (Fsp3) is 0.571. The number of aliphatic carboxylic acids is 1. The number of aldehydes is 1. The van der Waals surface area contributed by atoms with E-state index < -0.39 is 11.5 Å². The van der Waals surface area contributed by atoms with Gasteiger partial charge in [-0.05, 0) is 12.8 Å². The highest BCUT2D eigenvalue weighted by molar-refractivity contribution is 5.96. The number of carbonyl (C=O) groups is 2. The molecule has 0 aromatic carbocycles. The van der Waals surface area contributed by atoms with Gasteiger partial charge in [0.05, 0.1) is 0 Å². The number of carboxylic acids is 1. The van der Waals surface area contributed by atoms with Gasteiger partial charge in [-0.25, -0.2) is 4.79 Å². The van der Waals surface area contributed by atoms with E-state index in [1.165, 1.54) is 0 Å². The van der Waals surface area contributed by atoms with E-state index in [4.69, 9.17) is 22.3 Å². The molecule has 0 aliphatic carbocycles. The van der Waals surface area contributed by atoms with Gasteiger partial charge < -0.3 is 27.1 Å². The molecule has 0 saturated carbocycles. The summed E-state index contributed by atoms with van der Waals surface area (Å²) in [4.78, 5) is 24.6. The van der Waals surface area contributed by atoms with Crippen molar-refractivity contribution in [1.29, 1.82) is 0 Å². The molecule has 0 unspecified atom stereocenters. The van der Waals surface area contributed by atoms with Gasteiger partial charge >= 0.3 is 5.97 Å². The summed E-state index contributed by atoms with van der Waals surface area (Å²) >= 11 is 0. The summed E-state index contributed by atoms with van der Waals surface area (Å²) in [5.41, 5.74) is 13.5. The number of halogens is 1. The Kier molecular flexibility index (Phi) is 7.53. The van der Waals surface area contributed by atoms with E-state index in [1.54, 1.807) is 0 Å². The molecular formula is C7H15ClN4O3. The van der Waals surface area contributed by atoms with E-state index in [1.807, 2.05) is 0 Å². The number of rotatable bonds is 6. The summed E-state index contributed by atoms with van der Waals surface area (Å²) in [5.74, 6) is -1.42. The van der Waals surface area contributed by atoms with Crippen molar-refractivity contribution in [2.75, 3.05) is 6.54 Å². The largest absolute Gasteiger partial charge is 0.480 e. The van der Waals surface area contributed by atoms with Gasteiger partial charge in [-0.3, -0.25) is 4.99 Å². The van der Waals surface area contributed by atoms with Crippen LogP contribution in [0.1, 0.15) is 12.8 Å². The average Bonchev–Trinajstić information content (AvgIpc) is 2.11. The summed E-state index contributed by atoms with van der Waals surface area (Å²) in [6.45, 7) is 0.252. The highest BCUT2D eigenvalue weighted by Crippen LogP contribution is 2.06. The first-order valence-electron chi connectivity index (χ1n) is 3.96. The Hall–Kier alpha value is -1.34. The lowest BCUT2D eigenvalue weighted by Gasteiger charge is -2.16. The number of nitrogens with two attached hydrogens (primary N) is 3. The minimum atomic E-state index is -1.83. The molecule has 0 aliphatic heterocycles. The molecule has 0 aromatic rings. The molecule has 15 heavy (non-hydrogen) atoms. The zero-order valence-electron chi connectivity index (χ0n) is 8.05. The third-order valence-electron chi connectivity index (χ3n) is 1.65. The number of hydrogen-bond acceptors (Lipinski definition) is 4. The van der Waals surface area contributed by atoms with Crippen molar-refractivity contribution in [3.63, 3.8) is 0 Å². The minimum Gasteiger partial charge on any atom is -0.480 e. The van der Waals surface area contributed by atoms with Crippen molar-refractivity contribution < 1.29 is 14.7 Å². The molecule has 0 aromatic heterocycles. The fourth-order valence-electron chi connectivity index (χ4n) is 0.796. The van der Waals surface area contributed by atoms with Crippen LogP contribution in [0.25, 0.3) is 0 Å². The Bertz CT molecular complexity index is 255. The molecule has 0 heterocycles. The Morgan fingerprint density at radius 1 is 1.47 bits per heavy atom. The van der Waals surface area contributed by atoms with Crippen LogP contribution in [0.3, 0.4) is 0 Å². The number of nitrogens with zero attached hydrogens (tertiary/aromatic N) is 1. The quantitative estimate of drug-likeness (QED) is 0.145. The first-order valence-corrected chi connectivity index (χ1v) is 3.96. The lowest BCUT2D eigenvalue weighted by atomic mass is 9.97. The Morgan fingerprint density at radius 2 is 2.00 bits per heavy atom. The van der Waals surface area contributed by atoms with E-state index in [2.05, 4.69) is 4.99 Å². The molecular weight excluding hydrogens is 224 g/mol. The summed E-state index contributed by atoms with van der Waals surface area (Å²) in [6.07, 6.45) is 0.549. The van der Waals surface area contributed by atoms with Crippen LogP contribution < -0.4 is 17.2 Å². The molecule has 88 valence electrons. The van der Waals surface area contributed by atoms with Crippen LogP contribution in [0.2, 0.25) is 0 Å². The topological polar surface area (TPSA) is 145 Å². The number of guanidine groups is 1. The molecule has 7 N–H and O–H groups in total. The van der Waals surface area contributed by atoms with Crippen LogP contribution in [0.5, 0.6) is 0 Å². The average molecular weight is 239 g/mol. The van der Waals surface area contributed by atoms with Gasteiger partial charge in [-0.1, -0.05) is 0 Å². The molecule has 0 amide bonds. The number of hydrogen-bond donors (Lipinski definition) is 4. The van der Waals surface area contributed by atoms with Gasteiger partial charge in [-0.2, -0.15) is 0 Å². The predicted octanol–water partition coefficient (Wildman–Crippen LogP) is -1.56. The summed E-state index contributed by atoms with van der Waals surface area (Å²) in [6, 6.07) is 0. The Labute approximate surface area is 93.1 Å². The van der Waals surface area contributed by atoms with E-state index >= 15 is 0 Å². The zero-order chi connectivity index (χ0) is 11.2. The van der Waals surface area contributed by atoms with E-state index in [9.17, 15) is 9.59 Å². The molecule has 0 fully saturated rings. The van der Waals surface area contributed by atoms with Crippen LogP contribution in [0, 0.1) is 0 Å². The first-order chi connectivity index (χ1) is 6.42. The van der Waals surface area contributed by atoms with Crippen molar-refractivity contribution in [2.45, 2.75) is 18.4 Å². The van der Waals surface area contributed by atoms with Crippen LogP contribution in [-0.4, -0.2) is 35.4 Å². The Balaban J connectivity index is 0. The molecule has 0 aliphatic rings. The molecule has 0 bridgehead atoms. The van der Waals surface area contributed by atoms with E-state index in [0.717, 1.165) is 0 Å². The van der Waals surface area contributed by atoms with E-state index in [0.29, 0.717) is 6.42 Å². The van der Waals surface area contributed by atoms with Crippen LogP contribution in [-0.2, 0) is 9.59 Å². The maximum Gasteiger partial charge on any atom is 0.331 e. The van der Waals surface area contributed by atoms with Gasteiger partial charge in [-0.15, -0.1) is 12.4 Å². The number of carboxylic acid groups (broad SMARTS) is 1. The third-order valence-corrected chi connectivity index (χ3v) is 1.65. The third kappa shape index (κ3) is 5.87. The number of carbonyl (C=O) groups excluding carboxylic acids is 1. The van der Waals surface area contributed by atoms with Crippen molar-refractivity contribution in [3.05, 3.63) is 0 Å². The van der Waals surface area contributed by atoms with Crippen molar-refractivity contribution in [2.24, 2.45) is 22.2 Å². The smallest absolute Gasteiger partial charge is 0.331 e. The summed E-state index contributed by atoms with van der Waals surface area (Å²) < 4.78 is 0. The molecule has 0 spiro atoms. The standard InChI is InChI=1S/C7H14N4O3.ClH/c8-6(9)11-3-1-2-7(10,4-12)5(13)14;/h4H,1-3,10H2,(H,13,14)(H4,8,9,11);1H/t7-;/m1./s1. The SMILES string of the molecule is Cl.NC(N)=NCCC[C@@](N)(C=O)C(=O)O. The fourth-order valence-corrected chi connectivity index (χ4v) is 0.796. The van der Waals surface area contributed by atoms with Gasteiger partial charge in [0.1, 0.15) is 0 Å². The second-order valence-corrected chi connectivity index (χ2v) is 2.87. The summed E-state index contributed by atoms with van der Waals surface area (Å²) in [5, 5.41) is 8.60. The molecule has 0 radical (unpaired) electrons. The number of aliphatic imine (C=N–C) groups is 1. The molecule has 8 heteroatoms. The van der Waals surface area contributed by atoms with Crippen molar-refractivity contribution >= 4 is 30.6 Å². The maximum absolute atomic E-state index is 10.5. The van der Waals surface area contributed by atoms with Gasteiger partial charge in [0.15, 0.2) is 17.8 Å². The van der Waals surface area contributed by atoms with Crippen LogP contribution in [0.15, 0.2) is 4.99 Å². The minimum absolute atomic E-state index is 0. The van der Waals surface area contributed by atoms with E-state index in [-0.39, 0.29) is 37.6 Å². The van der Waals surface area contributed by atoms with Gasteiger partial charge in [0, 0.05) is 6.54 Å². The normalized spacial score (nSPS) is 13.1. The maximum atomic E-state index is 10.5. The highest BCUT2D eigenvalue weighted by Gasteiger charge is 2.32. The van der Waals surface area contributed by atoms with Crippen molar-refractivity contribution in [1.82, 2.24) is 0 Å². The summed E-state index contributed by atoms with van der Waals surface area (Å²) in [7, 11) is 0. The second kappa shape index (κ2) is 7.02. The lowest BCUT2D eigenvalue weighted by Crippen LogP contribution is -2.49. The molecule has 0 saturated heterocycles. The highest BCUT2D eigenvalue weighted by atomic mass is 35.5. The monoisotopic (exact) mass is 238 g/mol. The van der Waals surface area contributed by atoms with Crippen molar-refractivity contribution in [3.8, 4) is 0 Å². The first kappa shape index (κ1) is 16.1. The molecule has 7 nitrogen and oxygen atoms in total. The van der Waals surface area contributed by atoms with Gasteiger partial charge in [0.25, 0.3) is 0 Å². The van der Waals surface area contributed by atoms with Gasteiger partial charge in [0.2, 0.25) is 0 Å².